The van der Waals surface area contributed by atoms with Crippen molar-refractivity contribution in [2.45, 2.75) is 25.3 Å². The van der Waals surface area contributed by atoms with E-state index in [4.69, 9.17) is 0 Å². The number of H-pyrrole nitrogens is 1. The quantitative estimate of drug-likeness (QED) is 0.885. The molecule has 1 aliphatic heterocycles. The predicted octanol–water partition coefficient (Wildman–Crippen LogP) is 3.18. The maximum atomic E-state index is 12.0. The number of para-hydroxylation sites is 1. The molecule has 1 fully saturated rings. The average Bonchev–Trinajstić information content (AvgIpc) is 3.17. The van der Waals surface area contributed by atoms with E-state index in [9.17, 15) is 4.79 Å². The van der Waals surface area contributed by atoms with Gasteiger partial charge in [-0.2, -0.15) is 0 Å². The number of carbonyl (C=O) groups excluding carboxylic acids is 1. The molecule has 2 heterocycles. The fourth-order valence-electron chi connectivity index (χ4n) is 2.99. The maximum Gasteiger partial charge on any atom is 0.225 e. The van der Waals surface area contributed by atoms with Gasteiger partial charge in [0.1, 0.15) is 0 Å². The predicted molar refractivity (Wildman–Crippen MR) is 84.0 cm³/mol. The van der Waals surface area contributed by atoms with Crippen molar-refractivity contribution in [1.29, 1.82) is 0 Å². The fraction of sp³-hybridized carbons (Fsp3) is 0.353. The zero-order valence-electron chi connectivity index (χ0n) is 12.1. The van der Waals surface area contributed by atoms with Crippen molar-refractivity contribution >= 4 is 11.6 Å². The molecule has 4 heteroatoms. The number of hydrogen-bond donors (Lipinski definition) is 2. The molecule has 21 heavy (non-hydrogen) atoms. The van der Waals surface area contributed by atoms with E-state index in [1.807, 2.05) is 42.6 Å². The minimum absolute atomic E-state index is 0.0818. The van der Waals surface area contributed by atoms with Gasteiger partial charge in [0.05, 0.1) is 0 Å². The summed E-state index contributed by atoms with van der Waals surface area (Å²) in [4.78, 5) is 17.7. The van der Waals surface area contributed by atoms with Crippen LogP contribution in [0.25, 0.3) is 0 Å². The lowest BCUT2D eigenvalue weighted by Crippen LogP contribution is -2.27. The average molecular weight is 283 g/mol. The Bertz CT molecular complexity index is 565. The lowest BCUT2D eigenvalue weighted by atomic mass is 10.1. The van der Waals surface area contributed by atoms with Gasteiger partial charge < -0.3 is 10.3 Å². The van der Waals surface area contributed by atoms with Gasteiger partial charge in [0.2, 0.25) is 5.91 Å². The van der Waals surface area contributed by atoms with Gasteiger partial charge >= 0.3 is 0 Å². The van der Waals surface area contributed by atoms with E-state index in [-0.39, 0.29) is 5.91 Å². The van der Waals surface area contributed by atoms with Crippen LogP contribution in [0.3, 0.4) is 0 Å². The van der Waals surface area contributed by atoms with Crippen LogP contribution in [0.2, 0.25) is 0 Å². The highest BCUT2D eigenvalue weighted by Gasteiger charge is 2.26. The van der Waals surface area contributed by atoms with Crippen LogP contribution in [0.4, 0.5) is 5.69 Å². The van der Waals surface area contributed by atoms with Crippen LogP contribution in [0.15, 0.2) is 48.7 Å². The maximum absolute atomic E-state index is 12.0. The molecule has 0 aliphatic carbocycles. The number of hydrogen-bond acceptors (Lipinski definition) is 2. The highest BCUT2D eigenvalue weighted by Crippen LogP contribution is 2.30. The molecule has 1 aromatic heterocycles. The number of nitrogens with zero attached hydrogens (tertiary/aromatic N) is 1. The molecule has 1 amide bonds. The number of aromatic nitrogens is 1. The first-order valence-corrected chi connectivity index (χ1v) is 7.55. The Morgan fingerprint density at radius 2 is 2.10 bits per heavy atom. The monoisotopic (exact) mass is 283 g/mol. The summed E-state index contributed by atoms with van der Waals surface area (Å²) in [5.41, 5.74) is 2.13. The molecule has 0 spiro atoms. The fourth-order valence-corrected chi connectivity index (χ4v) is 2.99. The molecule has 2 aromatic rings. The Labute approximate surface area is 125 Å². The first kappa shape index (κ1) is 13.9. The largest absolute Gasteiger partial charge is 0.364 e. The van der Waals surface area contributed by atoms with Crippen molar-refractivity contribution in [3.05, 3.63) is 54.4 Å². The molecule has 2 N–H and O–H groups in total. The molecular formula is C17H21N3O. The normalized spacial score (nSPS) is 18.8. The third kappa shape index (κ3) is 3.52. The Morgan fingerprint density at radius 1 is 1.24 bits per heavy atom. The van der Waals surface area contributed by atoms with E-state index < -0.39 is 0 Å². The van der Waals surface area contributed by atoms with Gasteiger partial charge in [-0.05, 0) is 43.7 Å². The van der Waals surface area contributed by atoms with Crippen LogP contribution in [0.5, 0.6) is 0 Å². The third-order valence-corrected chi connectivity index (χ3v) is 4.03. The highest BCUT2D eigenvalue weighted by atomic mass is 16.1. The molecule has 0 unspecified atom stereocenters. The van der Waals surface area contributed by atoms with E-state index in [2.05, 4.69) is 21.3 Å². The zero-order valence-corrected chi connectivity index (χ0v) is 12.1. The number of nitrogens with one attached hydrogen (secondary N) is 2. The van der Waals surface area contributed by atoms with E-state index in [0.717, 1.165) is 18.8 Å². The number of benzene rings is 1. The molecule has 0 saturated carbocycles. The van der Waals surface area contributed by atoms with Gasteiger partial charge in [0.15, 0.2) is 0 Å². The van der Waals surface area contributed by atoms with Crippen LogP contribution in [-0.2, 0) is 4.79 Å². The first-order valence-electron chi connectivity index (χ1n) is 7.55. The zero-order chi connectivity index (χ0) is 14.5. The first-order chi connectivity index (χ1) is 10.3. The molecule has 1 atom stereocenters. The van der Waals surface area contributed by atoms with Crippen molar-refractivity contribution in [3.63, 3.8) is 0 Å². The third-order valence-electron chi connectivity index (χ3n) is 4.03. The Hall–Kier alpha value is -2.07. The number of aromatic amines is 1. The number of carbonyl (C=O) groups is 1. The summed E-state index contributed by atoms with van der Waals surface area (Å²) in [5.74, 6) is 0.0818. The smallest absolute Gasteiger partial charge is 0.225 e. The van der Waals surface area contributed by atoms with Crippen molar-refractivity contribution in [2.75, 3.05) is 18.4 Å². The Kier molecular flexibility index (Phi) is 4.36. The summed E-state index contributed by atoms with van der Waals surface area (Å²) in [6.07, 6.45) is 4.87. The minimum atomic E-state index is 0.0818. The van der Waals surface area contributed by atoms with E-state index >= 15 is 0 Å². The summed E-state index contributed by atoms with van der Waals surface area (Å²) < 4.78 is 0. The van der Waals surface area contributed by atoms with E-state index in [1.165, 1.54) is 18.5 Å². The van der Waals surface area contributed by atoms with Crippen LogP contribution in [-0.4, -0.2) is 28.9 Å². The van der Waals surface area contributed by atoms with Gasteiger partial charge in [-0.1, -0.05) is 18.2 Å². The van der Waals surface area contributed by atoms with Crippen LogP contribution in [0.1, 0.15) is 31.0 Å². The van der Waals surface area contributed by atoms with Crippen LogP contribution >= 0.6 is 0 Å². The standard InChI is InChI=1S/C17H21N3O/c21-17(19-14-6-2-1-3-7-14)10-13-20-12-5-9-16(20)15-8-4-11-18-15/h1-4,6-8,11,16,18H,5,9-10,12-13H2,(H,19,21)/t16-/m1/s1. The number of anilines is 1. The molecule has 110 valence electrons. The summed E-state index contributed by atoms with van der Waals surface area (Å²) in [7, 11) is 0. The van der Waals surface area contributed by atoms with Crippen LogP contribution in [0, 0.1) is 0 Å². The topological polar surface area (TPSA) is 48.1 Å². The van der Waals surface area contributed by atoms with Gasteiger partial charge in [-0.25, -0.2) is 0 Å². The van der Waals surface area contributed by atoms with E-state index in [1.54, 1.807) is 0 Å². The van der Waals surface area contributed by atoms with Crippen molar-refractivity contribution in [2.24, 2.45) is 0 Å². The molecule has 1 aliphatic rings. The number of amides is 1. The number of rotatable bonds is 5. The Morgan fingerprint density at radius 3 is 2.86 bits per heavy atom. The lowest BCUT2D eigenvalue weighted by Gasteiger charge is -2.23. The van der Waals surface area contributed by atoms with Gasteiger partial charge in [-0.15, -0.1) is 0 Å². The van der Waals surface area contributed by atoms with E-state index in [0.29, 0.717) is 12.5 Å². The molecule has 0 radical (unpaired) electrons. The SMILES string of the molecule is O=C(CCN1CCC[C@@H]1c1ccc[nH]1)Nc1ccccc1. The molecule has 3 rings (SSSR count). The second-order valence-electron chi connectivity index (χ2n) is 5.48. The Balaban J connectivity index is 1.51. The minimum Gasteiger partial charge on any atom is -0.364 e. The molecule has 1 aromatic carbocycles. The van der Waals surface area contributed by atoms with Gasteiger partial charge in [0, 0.05) is 36.6 Å². The lowest BCUT2D eigenvalue weighted by molar-refractivity contribution is -0.116. The molecule has 1 saturated heterocycles. The van der Waals surface area contributed by atoms with Gasteiger partial charge in [-0.3, -0.25) is 9.69 Å². The van der Waals surface area contributed by atoms with Gasteiger partial charge in [0.25, 0.3) is 0 Å². The van der Waals surface area contributed by atoms with Crippen molar-refractivity contribution < 1.29 is 4.79 Å². The number of likely N-dealkylation sites (tertiary alicyclic amines) is 1. The van der Waals surface area contributed by atoms with Crippen LogP contribution < -0.4 is 5.32 Å². The highest BCUT2D eigenvalue weighted by molar-refractivity contribution is 5.90. The molecule has 0 bridgehead atoms. The second-order valence-corrected chi connectivity index (χ2v) is 5.48. The molecule has 4 nitrogen and oxygen atoms in total. The summed E-state index contributed by atoms with van der Waals surface area (Å²) >= 11 is 0. The van der Waals surface area contributed by atoms with Crippen molar-refractivity contribution in [3.8, 4) is 0 Å². The molecular weight excluding hydrogens is 262 g/mol. The summed E-state index contributed by atoms with van der Waals surface area (Å²) in [5, 5.41) is 2.94. The van der Waals surface area contributed by atoms with Crippen molar-refractivity contribution in [1.82, 2.24) is 9.88 Å². The summed E-state index contributed by atoms with van der Waals surface area (Å²) in [6.45, 7) is 1.88. The summed E-state index contributed by atoms with van der Waals surface area (Å²) in [6, 6.07) is 14.2. The second kappa shape index (κ2) is 6.59.